The fourth-order valence-electron chi connectivity index (χ4n) is 2.04. The van der Waals surface area contributed by atoms with E-state index < -0.39 is 16.8 Å². The monoisotopic (exact) mass is 407 g/mol. The molecule has 27 heavy (non-hydrogen) atoms. The van der Waals surface area contributed by atoms with Crippen molar-refractivity contribution in [3.05, 3.63) is 68.7 Å². The second-order valence-electron chi connectivity index (χ2n) is 5.13. The van der Waals surface area contributed by atoms with Gasteiger partial charge in [0.2, 0.25) is 0 Å². The minimum Gasteiger partial charge on any atom is -0.462 e. The van der Waals surface area contributed by atoms with Crippen molar-refractivity contribution in [2.75, 3.05) is 11.9 Å². The highest BCUT2D eigenvalue weighted by molar-refractivity contribution is 7.80. The van der Waals surface area contributed by atoms with Gasteiger partial charge in [-0.1, -0.05) is 11.6 Å². The summed E-state index contributed by atoms with van der Waals surface area (Å²) in [5.74, 6) is -1.07. The number of amides is 1. The SMILES string of the molecule is CCOC(=O)c1ccc(NC(=S)NC(=O)c2ccc(Cl)c([N+](=O)[O-])c2)cc1. The van der Waals surface area contributed by atoms with Crippen molar-refractivity contribution in [3.8, 4) is 0 Å². The number of esters is 1. The summed E-state index contributed by atoms with van der Waals surface area (Å²) < 4.78 is 4.89. The molecule has 140 valence electrons. The lowest BCUT2D eigenvalue weighted by molar-refractivity contribution is -0.384. The first-order chi connectivity index (χ1) is 12.8. The third-order valence-electron chi connectivity index (χ3n) is 3.29. The number of nitro benzene ring substituents is 1. The molecule has 0 bridgehead atoms. The maximum absolute atomic E-state index is 12.2. The number of nitro groups is 1. The molecule has 10 heteroatoms. The maximum Gasteiger partial charge on any atom is 0.338 e. The highest BCUT2D eigenvalue weighted by Crippen LogP contribution is 2.25. The highest BCUT2D eigenvalue weighted by Gasteiger charge is 2.17. The van der Waals surface area contributed by atoms with Crippen LogP contribution >= 0.6 is 23.8 Å². The zero-order valence-electron chi connectivity index (χ0n) is 14.0. The van der Waals surface area contributed by atoms with Gasteiger partial charge < -0.3 is 10.1 Å². The molecule has 2 N–H and O–H groups in total. The third-order valence-corrected chi connectivity index (χ3v) is 3.81. The number of ether oxygens (including phenoxy) is 1. The summed E-state index contributed by atoms with van der Waals surface area (Å²) in [6, 6.07) is 9.96. The van der Waals surface area contributed by atoms with Gasteiger partial charge in [-0.15, -0.1) is 0 Å². The van der Waals surface area contributed by atoms with E-state index in [4.69, 9.17) is 28.6 Å². The first-order valence-corrected chi connectivity index (χ1v) is 8.44. The average Bonchev–Trinajstić information content (AvgIpc) is 2.62. The van der Waals surface area contributed by atoms with E-state index in [0.29, 0.717) is 11.3 Å². The van der Waals surface area contributed by atoms with Crippen LogP contribution in [0.4, 0.5) is 11.4 Å². The number of carbonyl (C=O) groups is 2. The number of hydrogen-bond acceptors (Lipinski definition) is 6. The molecule has 2 aromatic rings. The predicted octanol–water partition coefficient (Wildman–Crippen LogP) is 3.55. The molecule has 0 saturated heterocycles. The molecule has 0 aliphatic heterocycles. The fraction of sp³-hybridized carbons (Fsp3) is 0.118. The number of rotatable bonds is 5. The number of nitrogens with zero attached hydrogens (tertiary/aromatic N) is 1. The second-order valence-corrected chi connectivity index (χ2v) is 5.94. The molecule has 0 unspecified atom stereocenters. The zero-order valence-corrected chi connectivity index (χ0v) is 15.6. The number of thiocarbonyl (C=S) groups is 1. The Morgan fingerprint density at radius 2 is 1.81 bits per heavy atom. The Balaban J connectivity index is 2.01. The van der Waals surface area contributed by atoms with E-state index in [0.717, 1.165) is 6.07 Å². The second kappa shape index (κ2) is 9.06. The summed E-state index contributed by atoms with van der Waals surface area (Å²) in [5, 5.41) is 16.0. The van der Waals surface area contributed by atoms with Crippen molar-refractivity contribution in [2.24, 2.45) is 0 Å². The zero-order chi connectivity index (χ0) is 20.0. The summed E-state index contributed by atoms with van der Waals surface area (Å²) >= 11 is 10.8. The molecule has 0 saturated carbocycles. The van der Waals surface area contributed by atoms with Gasteiger partial charge in [-0.25, -0.2) is 4.79 Å². The van der Waals surface area contributed by atoms with Gasteiger partial charge in [0.15, 0.2) is 5.11 Å². The largest absolute Gasteiger partial charge is 0.462 e. The first kappa shape index (κ1) is 20.3. The van der Waals surface area contributed by atoms with Crippen LogP contribution in [0.5, 0.6) is 0 Å². The molecule has 0 aliphatic rings. The molecule has 0 aromatic heterocycles. The summed E-state index contributed by atoms with van der Waals surface area (Å²) in [6.07, 6.45) is 0. The van der Waals surface area contributed by atoms with Crippen molar-refractivity contribution in [1.82, 2.24) is 5.32 Å². The highest BCUT2D eigenvalue weighted by atomic mass is 35.5. The van der Waals surface area contributed by atoms with Gasteiger partial charge in [0.05, 0.1) is 17.1 Å². The summed E-state index contributed by atoms with van der Waals surface area (Å²) in [5.41, 5.74) is 0.576. The molecule has 1 amide bonds. The van der Waals surface area contributed by atoms with Crippen LogP contribution in [0.25, 0.3) is 0 Å². The van der Waals surface area contributed by atoms with Gasteiger partial charge in [0, 0.05) is 17.3 Å². The van der Waals surface area contributed by atoms with Gasteiger partial charge in [0.25, 0.3) is 11.6 Å². The first-order valence-electron chi connectivity index (χ1n) is 7.65. The van der Waals surface area contributed by atoms with E-state index in [2.05, 4.69) is 10.6 Å². The summed E-state index contributed by atoms with van der Waals surface area (Å²) in [7, 11) is 0. The minimum absolute atomic E-state index is 0.0125. The molecular formula is C17H14ClN3O5S. The van der Waals surface area contributed by atoms with E-state index in [1.807, 2.05) is 0 Å². The quantitative estimate of drug-likeness (QED) is 0.337. The number of nitrogens with one attached hydrogen (secondary N) is 2. The van der Waals surface area contributed by atoms with Crippen LogP contribution < -0.4 is 10.6 Å². The summed E-state index contributed by atoms with van der Waals surface area (Å²) in [4.78, 5) is 34.0. The fourth-order valence-corrected chi connectivity index (χ4v) is 2.43. The average molecular weight is 408 g/mol. The molecule has 2 aromatic carbocycles. The van der Waals surface area contributed by atoms with Gasteiger partial charge in [-0.2, -0.15) is 0 Å². The molecular weight excluding hydrogens is 394 g/mol. The lowest BCUT2D eigenvalue weighted by Crippen LogP contribution is -2.34. The lowest BCUT2D eigenvalue weighted by Gasteiger charge is -2.10. The predicted molar refractivity (Wildman–Crippen MR) is 104 cm³/mol. The Kier molecular flexibility index (Phi) is 6.80. The van der Waals surface area contributed by atoms with Crippen molar-refractivity contribution < 1.29 is 19.2 Å². The van der Waals surface area contributed by atoms with Crippen molar-refractivity contribution in [3.63, 3.8) is 0 Å². The molecule has 0 atom stereocenters. The van der Waals surface area contributed by atoms with Crippen LogP contribution in [0, 0.1) is 10.1 Å². The van der Waals surface area contributed by atoms with E-state index in [1.165, 1.54) is 12.1 Å². The van der Waals surface area contributed by atoms with Crippen LogP contribution in [-0.2, 0) is 4.74 Å². The standard InChI is InChI=1S/C17H14ClN3O5S/c1-2-26-16(23)10-3-6-12(7-4-10)19-17(27)20-15(22)11-5-8-13(18)14(9-11)21(24)25/h3-9H,2H2,1H3,(H2,19,20,22,27). The van der Waals surface area contributed by atoms with Crippen LogP contribution in [0.2, 0.25) is 5.02 Å². The topological polar surface area (TPSA) is 111 Å². The van der Waals surface area contributed by atoms with Crippen LogP contribution in [0.1, 0.15) is 27.6 Å². The Morgan fingerprint density at radius 1 is 1.19 bits per heavy atom. The van der Waals surface area contributed by atoms with Crippen LogP contribution in [-0.4, -0.2) is 28.5 Å². The van der Waals surface area contributed by atoms with Gasteiger partial charge >= 0.3 is 5.97 Å². The van der Waals surface area contributed by atoms with E-state index >= 15 is 0 Å². The van der Waals surface area contributed by atoms with E-state index in [9.17, 15) is 19.7 Å². The van der Waals surface area contributed by atoms with Crippen molar-refractivity contribution in [1.29, 1.82) is 0 Å². The number of hydrogen-bond donors (Lipinski definition) is 2. The molecule has 0 heterocycles. The molecule has 0 aliphatic carbocycles. The number of benzene rings is 2. The molecule has 0 fully saturated rings. The number of carbonyl (C=O) groups excluding carboxylic acids is 2. The minimum atomic E-state index is -0.680. The van der Waals surface area contributed by atoms with Crippen LogP contribution in [0.3, 0.4) is 0 Å². The van der Waals surface area contributed by atoms with Crippen molar-refractivity contribution >= 4 is 52.2 Å². The third kappa shape index (κ3) is 5.47. The Labute approximate surface area is 164 Å². The number of anilines is 1. The van der Waals surface area contributed by atoms with Crippen molar-refractivity contribution in [2.45, 2.75) is 6.92 Å². The number of halogens is 1. The molecule has 2 rings (SSSR count). The van der Waals surface area contributed by atoms with E-state index in [1.54, 1.807) is 31.2 Å². The smallest absolute Gasteiger partial charge is 0.338 e. The molecule has 0 radical (unpaired) electrons. The molecule has 8 nitrogen and oxygen atoms in total. The maximum atomic E-state index is 12.2. The molecule has 0 spiro atoms. The van der Waals surface area contributed by atoms with Crippen LogP contribution in [0.15, 0.2) is 42.5 Å². The van der Waals surface area contributed by atoms with Gasteiger partial charge in [-0.05, 0) is 55.5 Å². The van der Waals surface area contributed by atoms with E-state index in [-0.39, 0.29) is 28.0 Å². The van der Waals surface area contributed by atoms with Gasteiger partial charge in [-0.3, -0.25) is 20.2 Å². The Morgan fingerprint density at radius 3 is 2.41 bits per heavy atom. The normalized spacial score (nSPS) is 10.0. The van der Waals surface area contributed by atoms with Gasteiger partial charge in [0.1, 0.15) is 5.02 Å². The Hall–Kier alpha value is -3.04. The summed E-state index contributed by atoms with van der Waals surface area (Å²) in [6.45, 7) is 1.99. The Bertz CT molecular complexity index is 902. The lowest BCUT2D eigenvalue weighted by atomic mass is 10.2.